The van der Waals surface area contributed by atoms with Gasteiger partial charge in [0.15, 0.2) is 11.0 Å². The minimum absolute atomic E-state index is 0.635. The summed E-state index contributed by atoms with van der Waals surface area (Å²) in [5.41, 5.74) is 6.50. The molecule has 0 aliphatic rings. The number of para-hydroxylation sites is 1. The first-order valence-electron chi connectivity index (χ1n) is 10.9. The van der Waals surface area contributed by atoms with Crippen LogP contribution in [0.2, 0.25) is 0 Å². The fraction of sp³-hybridized carbons (Fsp3) is 0.107. The summed E-state index contributed by atoms with van der Waals surface area (Å²) in [6, 6.07) is 29.1. The van der Waals surface area contributed by atoms with Crippen molar-refractivity contribution in [3.05, 3.63) is 109 Å². The first kappa shape index (κ1) is 21.2. The Hall–Kier alpha value is -3.70. The van der Waals surface area contributed by atoms with Crippen LogP contribution >= 0.6 is 11.8 Å². The summed E-state index contributed by atoms with van der Waals surface area (Å²) < 4.78 is 2.14. The van der Waals surface area contributed by atoms with E-state index in [2.05, 4.69) is 76.8 Å². The molecule has 0 atom stereocenters. The van der Waals surface area contributed by atoms with Gasteiger partial charge in [-0.2, -0.15) is 0 Å². The van der Waals surface area contributed by atoms with Crippen molar-refractivity contribution in [3.8, 4) is 22.6 Å². The molecule has 0 radical (unpaired) electrons. The molecular weight excluding hydrogens is 424 g/mol. The molecular formula is C28H24N4S. The largest absolute Gasteiger partial charge is 0.298 e. The molecule has 0 unspecified atom stereocenters. The predicted octanol–water partition coefficient (Wildman–Crippen LogP) is 6.95. The summed E-state index contributed by atoms with van der Waals surface area (Å²) in [5, 5.41) is 11.1. The highest BCUT2D eigenvalue weighted by Gasteiger charge is 2.18. The second-order valence-electron chi connectivity index (χ2n) is 7.92. The maximum Gasteiger partial charge on any atom is 0.192 e. The molecule has 2 aromatic heterocycles. The average Bonchev–Trinajstić information content (AvgIpc) is 3.25. The van der Waals surface area contributed by atoms with Crippen LogP contribution < -0.4 is 0 Å². The highest BCUT2D eigenvalue weighted by molar-refractivity contribution is 7.98. The van der Waals surface area contributed by atoms with Crippen LogP contribution in [-0.2, 0) is 12.3 Å². The normalized spacial score (nSPS) is 11.1. The molecule has 0 N–H and O–H groups in total. The summed E-state index contributed by atoms with van der Waals surface area (Å²) in [6.07, 6.45) is 1.89. The Labute approximate surface area is 198 Å². The van der Waals surface area contributed by atoms with Gasteiger partial charge in [0.25, 0.3) is 0 Å². The van der Waals surface area contributed by atoms with Gasteiger partial charge in [-0.3, -0.25) is 4.57 Å². The van der Waals surface area contributed by atoms with Crippen molar-refractivity contribution < 1.29 is 0 Å². The van der Waals surface area contributed by atoms with E-state index in [1.807, 2.05) is 42.5 Å². The fourth-order valence-corrected chi connectivity index (χ4v) is 4.85. The molecule has 0 saturated heterocycles. The Bertz CT molecular complexity index is 1420. The lowest BCUT2D eigenvalue weighted by Crippen LogP contribution is -2.02. The molecule has 4 nitrogen and oxygen atoms in total. The summed E-state index contributed by atoms with van der Waals surface area (Å²) in [5.74, 6) is 1.67. The Morgan fingerprint density at radius 2 is 1.73 bits per heavy atom. The van der Waals surface area contributed by atoms with Gasteiger partial charge >= 0.3 is 0 Å². The Balaban J connectivity index is 1.60. The van der Waals surface area contributed by atoms with Crippen LogP contribution in [-0.4, -0.2) is 19.7 Å². The van der Waals surface area contributed by atoms with Gasteiger partial charge in [-0.25, -0.2) is 4.98 Å². The van der Waals surface area contributed by atoms with Crippen LogP contribution in [0.15, 0.2) is 103 Å². The van der Waals surface area contributed by atoms with Crippen molar-refractivity contribution in [1.29, 1.82) is 0 Å². The maximum absolute atomic E-state index is 4.92. The topological polar surface area (TPSA) is 43.6 Å². The van der Waals surface area contributed by atoms with Gasteiger partial charge in [0.1, 0.15) is 0 Å². The van der Waals surface area contributed by atoms with E-state index in [1.54, 1.807) is 11.8 Å². The van der Waals surface area contributed by atoms with Crippen molar-refractivity contribution in [1.82, 2.24) is 19.7 Å². The molecule has 2 heterocycles. The molecule has 0 bridgehead atoms. The molecule has 0 aliphatic carbocycles. The third-order valence-electron chi connectivity index (χ3n) is 5.51. The maximum atomic E-state index is 4.92. The van der Waals surface area contributed by atoms with Crippen LogP contribution in [0, 0.1) is 6.92 Å². The number of benzene rings is 3. The molecule has 5 rings (SSSR count). The molecule has 3 aromatic carbocycles. The van der Waals surface area contributed by atoms with E-state index < -0.39 is 0 Å². The third kappa shape index (κ3) is 4.45. The lowest BCUT2D eigenvalue weighted by atomic mass is 10.0. The lowest BCUT2D eigenvalue weighted by Gasteiger charge is -2.12. The van der Waals surface area contributed by atoms with E-state index >= 15 is 0 Å². The van der Waals surface area contributed by atoms with Crippen molar-refractivity contribution in [2.24, 2.45) is 0 Å². The van der Waals surface area contributed by atoms with Crippen LogP contribution in [0.4, 0.5) is 0 Å². The number of fused-ring (bicyclic) bond motifs is 1. The lowest BCUT2D eigenvalue weighted by molar-refractivity contribution is 0.731. The van der Waals surface area contributed by atoms with E-state index in [4.69, 9.17) is 4.98 Å². The summed E-state index contributed by atoms with van der Waals surface area (Å²) in [6.45, 7) is 6.72. The number of nitrogens with zero attached hydrogens (tertiary/aromatic N) is 4. The Kier molecular flexibility index (Phi) is 6.05. The van der Waals surface area contributed by atoms with Gasteiger partial charge in [-0.1, -0.05) is 96.2 Å². The minimum Gasteiger partial charge on any atom is -0.298 e. The van der Waals surface area contributed by atoms with E-state index in [0.717, 1.165) is 44.5 Å². The molecule has 0 spiro atoms. The van der Waals surface area contributed by atoms with Gasteiger partial charge in [-0.05, 0) is 24.6 Å². The summed E-state index contributed by atoms with van der Waals surface area (Å²) in [4.78, 5) is 4.92. The first-order chi connectivity index (χ1) is 16.2. The molecule has 5 heteroatoms. The van der Waals surface area contributed by atoms with Crippen molar-refractivity contribution in [3.63, 3.8) is 0 Å². The van der Waals surface area contributed by atoms with Gasteiger partial charge in [0.05, 0.1) is 11.2 Å². The molecule has 5 aromatic rings. The zero-order valence-electron chi connectivity index (χ0n) is 18.5. The average molecular weight is 449 g/mol. The number of aryl methyl sites for hydroxylation is 1. The highest BCUT2D eigenvalue weighted by atomic mass is 32.2. The third-order valence-corrected chi connectivity index (χ3v) is 6.54. The number of hydrogen-bond acceptors (Lipinski definition) is 4. The molecule has 162 valence electrons. The van der Waals surface area contributed by atoms with Crippen molar-refractivity contribution in [2.75, 3.05) is 0 Å². The molecule has 0 saturated carbocycles. The van der Waals surface area contributed by atoms with Gasteiger partial charge < -0.3 is 0 Å². The summed E-state index contributed by atoms with van der Waals surface area (Å²) >= 11 is 1.70. The van der Waals surface area contributed by atoms with Crippen LogP contribution in [0.5, 0.6) is 0 Å². The monoisotopic (exact) mass is 448 g/mol. The number of allylic oxidation sites excluding steroid dienone is 1. The second kappa shape index (κ2) is 9.43. The highest BCUT2D eigenvalue weighted by Crippen LogP contribution is 2.33. The Morgan fingerprint density at radius 1 is 0.909 bits per heavy atom. The smallest absolute Gasteiger partial charge is 0.192 e. The molecule has 0 amide bonds. The van der Waals surface area contributed by atoms with Gasteiger partial charge in [-0.15, -0.1) is 16.8 Å². The van der Waals surface area contributed by atoms with E-state index in [9.17, 15) is 0 Å². The standard InChI is InChI=1S/C28H24N4S/c1-3-16-32-27(30-31-28(32)33-19-21-11-9-10-20(2)17-21)24-18-26(22-12-5-4-6-13-22)29-25-15-8-7-14-23(24)25/h3-15,17-18H,1,16,19H2,2H3. The Morgan fingerprint density at radius 3 is 2.55 bits per heavy atom. The predicted molar refractivity (Wildman–Crippen MR) is 137 cm³/mol. The first-order valence-corrected chi connectivity index (χ1v) is 11.9. The number of rotatable bonds is 7. The van der Waals surface area contributed by atoms with E-state index in [-0.39, 0.29) is 0 Å². The molecule has 0 aliphatic heterocycles. The zero-order chi connectivity index (χ0) is 22.6. The summed E-state index contributed by atoms with van der Waals surface area (Å²) in [7, 11) is 0. The second-order valence-corrected chi connectivity index (χ2v) is 8.86. The van der Waals surface area contributed by atoms with Crippen molar-refractivity contribution in [2.45, 2.75) is 24.4 Å². The zero-order valence-corrected chi connectivity index (χ0v) is 19.3. The SMILES string of the molecule is C=CCn1c(SCc2cccc(C)c2)nnc1-c1cc(-c2ccccc2)nc2ccccc12. The van der Waals surface area contributed by atoms with Crippen molar-refractivity contribution >= 4 is 22.7 Å². The molecule has 0 fully saturated rings. The van der Waals surface area contributed by atoms with Crippen LogP contribution in [0.3, 0.4) is 0 Å². The van der Waals surface area contributed by atoms with E-state index in [0.29, 0.717) is 6.54 Å². The number of hydrogen-bond donors (Lipinski definition) is 0. The van der Waals surface area contributed by atoms with Gasteiger partial charge in [0.2, 0.25) is 0 Å². The number of thioether (sulfide) groups is 1. The quantitative estimate of drug-likeness (QED) is 0.200. The van der Waals surface area contributed by atoms with Crippen LogP contribution in [0.25, 0.3) is 33.5 Å². The van der Waals surface area contributed by atoms with Crippen LogP contribution in [0.1, 0.15) is 11.1 Å². The van der Waals surface area contributed by atoms with Gasteiger partial charge in [0, 0.05) is 28.8 Å². The number of pyridine rings is 1. The number of aromatic nitrogens is 4. The molecule has 33 heavy (non-hydrogen) atoms. The minimum atomic E-state index is 0.635. The fourth-order valence-electron chi connectivity index (χ4n) is 3.96. The van der Waals surface area contributed by atoms with E-state index in [1.165, 1.54) is 11.1 Å².